The fourth-order valence-corrected chi connectivity index (χ4v) is 2.24. The number of hydrogen-bond donors (Lipinski definition) is 1. The van der Waals surface area contributed by atoms with Crippen LogP contribution in [-0.2, 0) is 0 Å². The molecule has 0 spiro atoms. The number of benzene rings is 1. The van der Waals surface area contributed by atoms with Gasteiger partial charge in [0.05, 0.1) is 24.9 Å². The molecule has 1 aromatic carbocycles. The maximum absolute atomic E-state index is 14.3. The Morgan fingerprint density at radius 2 is 2.10 bits per heavy atom. The molecule has 1 heterocycles. The smallest absolute Gasteiger partial charge is 0.141 e. The quantitative estimate of drug-likeness (QED) is 0.885. The van der Waals surface area contributed by atoms with Crippen molar-refractivity contribution in [3.63, 3.8) is 0 Å². The van der Waals surface area contributed by atoms with Crippen LogP contribution in [0.5, 0.6) is 5.75 Å². The van der Waals surface area contributed by atoms with Gasteiger partial charge >= 0.3 is 0 Å². The van der Waals surface area contributed by atoms with E-state index in [0.29, 0.717) is 23.4 Å². The number of nitrogens with one attached hydrogen (secondary N) is 1. The zero-order chi connectivity index (χ0) is 15.2. The van der Waals surface area contributed by atoms with Gasteiger partial charge in [-0.25, -0.2) is 8.78 Å². The van der Waals surface area contributed by atoms with Crippen molar-refractivity contribution in [1.82, 2.24) is 10.3 Å². The number of methoxy groups -OCH3 is 1. The number of ether oxygens (including phenoxy) is 1. The first kappa shape index (κ1) is 15.4. The van der Waals surface area contributed by atoms with E-state index in [0.717, 1.165) is 12.6 Å². The number of pyridine rings is 1. The average Bonchev–Trinajstić information content (AvgIpc) is 2.49. The molecule has 0 bridgehead atoms. The Morgan fingerprint density at radius 1 is 1.29 bits per heavy atom. The molecular formula is C16H18F2N2O. The number of nitrogens with zero attached hydrogens (tertiary/aromatic N) is 1. The van der Waals surface area contributed by atoms with E-state index < -0.39 is 17.7 Å². The topological polar surface area (TPSA) is 34.2 Å². The van der Waals surface area contributed by atoms with E-state index in [9.17, 15) is 8.78 Å². The first-order valence-corrected chi connectivity index (χ1v) is 6.83. The van der Waals surface area contributed by atoms with Crippen molar-refractivity contribution in [2.24, 2.45) is 0 Å². The summed E-state index contributed by atoms with van der Waals surface area (Å²) in [5.74, 6) is -0.425. The first-order valence-electron chi connectivity index (χ1n) is 6.83. The molecule has 112 valence electrons. The molecule has 0 aliphatic heterocycles. The molecule has 1 aromatic heterocycles. The van der Waals surface area contributed by atoms with Crippen molar-refractivity contribution in [1.29, 1.82) is 0 Å². The summed E-state index contributed by atoms with van der Waals surface area (Å²) in [6.45, 7) is 2.67. The van der Waals surface area contributed by atoms with E-state index in [1.54, 1.807) is 12.1 Å². The first-order chi connectivity index (χ1) is 10.2. The largest absolute Gasteiger partial charge is 0.496 e. The molecule has 0 amide bonds. The van der Waals surface area contributed by atoms with E-state index in [1.807, 2.05) is 6.92 Å². The highest BCUT2D eigenvalue weighted by Gasteiger charge is 2.22. The van der Waals surface area contributed by atoms with E-state index in [4.69, 9.17) is 4.74 Å². The Hall–Kier alpha value is -2.01. The lowest BCUT2D eigenvalue weighted by Gasteiger charge is -2.22. The summed E-state index contributed by atoms with van der Waals surface area (Å²) in [4.78, 5) is 3.85. The molecule has 21 heavy (non-hydrogen) atoms. The molecule has 3 nitrogen and oxygen atoms in total. The minimum atomic E-state index is -0.510. The Labute approximate surface area is 123 Å². The van der Waals surface area contributed by atoms with Crippen LogP contribution in [0.2, 0.25) is 0 Å². The number of hydrogen-bond acceptors (Lipinski definition) is 3. The van der Waals surface area contributed by atoms with Crippen molar-refractivity contribution in [2.45, 2.75) is 19.4 Å². The van der Waals surface area contributed by atoms with E-state index in [1.165, 1.54) is 25.4 Å². The van der Waals surface area contributed by atoms with Crippen molar-refractivity contribution < 1.29 is 13.5 Å². The minimum absolute atomic E-state index is 0.362. The van der Waals surface area contributed by atoms with Gasteiger partial charge in [0.2, 0.25) is 0 Å². The van der Waals surface area contributed by atoms with Crippen LogP contribution in [0, 0.1) is 11.6 Å². The molecule has 0 aliphatic carbocycles. The maximum atomic E-state index is 14.3. The van der Waals surface area contributed by atoms with Crippen LogP contribution in [-0.4, -0.2) is 18.6 Å². The molecule has 0 fully saturated rings. The van der Waals surface area contributed by atoms with E-state index in [2.05, 4.69) is 10.3 Å². The highest BCUT2D eigenvalue weighted by Crippen LogP contribution is 2.32. The fourth-order valence-electron chi connectivity index (χ4n) is 2.24. The second kappa shape index (κ2) is 7.13. The van der Waals surface area contributed by atoms with Gasteiger partial charge in [0.15, 0.2) is 0 Å². The molecule has 5 heteroatoms. The van der Waals surface area contributed by atoms with Gasteiger partial charge in [0, 0.05) is 6.20 Å². The standard InChI is InChI=1S/C16H18F2N2O/c1-3-7-20-16(11-8-12(17)10-19-9-11)15-13(18)5-4-6-14(15)21-2/h4-6,8-10,16,20H,3,7H2,1-2H3. The summed E-state index contributed by atoms with van der Waals surface area (Å²) < 4.78 is 32.9. The summed E-state index contributed by atoms with van der Waals surface area (Å²) in [6, 6.07) is 5.48. The highest BCUT2D eigenvalue weighted by atomic mass is 19.1. The van der Waals surface area contributed by atoms with Crippen molar-refractivity contribution in [3.05, 3.63) is 59.4 Å². The van der Waals surface area contributed by atoms with E-state index >= 15 is 0 Å². The normalized spacial score (nSPS) is 12.2. The average molecular weight is 292 g/mol. The highest BCUT2D eigenvalue weighted by molar-refractivity contribution is 5.42. The second-order valence-corrected chi connectivity index (χ2v) is 4.68. The molecule has 0 saturated carbocycles. The summed E-state index contributed by atoms with van der Waals surface area (Å²) in [7, 11) is 1.49. The lowest BCUT2D eigenvalue weighted by molar-refractivity contribution is 0.396. The van der Waals surface area contributed by atoms with Crippen LogP contribution >= 0.6 is 0 Å². The van der Waals surface area contributed by atoms with Crippen LogP contribution in [0.25, 0.3) is 0 Å². The summed E-state index contributed by atoms with van der Waals surface area (Å²) in [5.41, 5.74) is 0.924. The van der Waals surface area contributed by atoms with Crippen molar-refractivity contribution in [2.75, 3.05) is 13.7 Å². The summed E-state index contributed by atoms with van der Waals surface area (Å²) in [5, 5.41) is 3.22. The van der Waals surface area contributed by atoms with Gasteiger partial charge < -0.3 is 10.1 Å². The van der Waals surface area contributed by atoms with Gasteiger partial charge in [-0.3, -0.25) is 4.98 Å². The number of aromatic nitrogens is 1. The monoisotopic (exact) mass is 292 g/mol. The Bertz CT molecular complexity index is 605. The van der Waals surface area contributed by atoms with Gasteiger partial charge in [0.1, 0.15) is 17.4 Å². The molecule has 2 aromatic rings. The summed E-state index contributed by atoms with van der Waals surface area (Å²) in [6.07, 6.45) is 3.53. The Morgan fingerprint density at radius 3 is 2.76 bits per heavy atom. The van der Waals surface area contributed by atoms with Crippen LogP contribution < -0.4 is 10.1 Å². The predicted octanol–water partition coefficient (Wildman–Crippen LogP) is 3.46. The predicted molar refractivity (Wildman–Crippen MR) is 77.3 cm³/mol. The lowest BCUT2D eigenvalue weighted by atomic mass is 9.98. The third-order valence-electron chi connectivity index (χ3n) is 3.18. The molecule has 1 atom stereocenters. The molecule has 1 N–H and O–H groups in total. The minimum Gasteiger partial charge on any atom is -0.496 e. The maximum Gasteiger partial charge on any atom is 0.141 e. The van der Waals surface area contributed by atoms with Crippen molar-refractivity contribution in [3.8, 4) is 5.75 Å². The lowest BCUT2D eigenvalue weighted by Crippen LogP contribution is -2.25. The van der Waals surface area contributed by atoms with Crippen LogP contribution in [0.4, 0.5) is 8.78 Å². The van der Waals surface area contributed by atoms with Crippen molar-refractivity contribution >= 4 is 0 Å². The SMILES string of the molecule is CCCNC(c1cncc(F)c1)c1c(F)cccc1OC. The molecule has 0 saturated heterocycles. The molecular weight excluding hydrogens is 274 g/mol. The Kier molecular flexibility index (Phi) is 5.22. The zero-order valence-corrected chi connectivity index (χ0v) is 12.1. The van der Waals surface area contributed by atoms with Gasteiger partial charge in [-0.2, -0.15) is 0 Å². The number of halogens is 2. The number of rotatable bonds is 6. The third-order valence-corrected chi connectivity index (χ3v) is 3.18. The summed E-state index contributed by atoms with van der Waals surface area (Å²) >= 11 is 0. The zero-order valence-electron chi connectivity index (χ0n) is 12.1. The van der Waals surface area contributed by atoms with Gasteiger partial charge in [-0.15, -0.1) is 0 Å². The third kappa shape index (κ3) is 3.55. The molecule has 2 rings (SSSR count). The van der Waals surface area contributed by atoms with Gasteiger partial charge in [-0.1, -0.05) is 13.0 Å². The van der Waals surface area contributed by atoms with Gasteiger partial charge in [-0.05, 0) is 36.7 Å². The Balaban J connectivity index is 2.50. The molecule has 0 aliphatic rings. The van der Waals surface area contributed by atoms with Crippen LogP contribution in [0.1, 0.15) is 30.5 Å². The van der Waals surface area contributed by atoms with Crippen LogP contribution in [0.15, 0.2) is 36.7 Å². The fraction of sp³-hybridized carbons (Fsp3) is 0.312. The van der Waals surface area contributed by atoms with Gasteiger partial charge in [0.25, 0.3) is 0 Å². The second-order valence-electron chi connectivity index (χ2n) is 4.68. The van der Waals surface area contributed by atoms with Crippen LogP contribution in [0.3, 0.4) is 0 Å². The molecule has 1 unspecified atom stereocenters. The van der Waals surface area contributed by atoms with E-state index in [-0.39, 0.29) is 0 Å². The molecule has 0 radical (unpaired) electrons.